The summed E-state index contributed by atoms with van der Waals surface area (Å²) in [6, 6.07) is -1.12. The molecule has 14 nitrogen and oxygen atoms in total. The number of aliphatic hydroxyl groups is 3. The van der Waals surface area contributed by atoms with Crippen molar-refractivity contribution >= 4 is 23.4 Å². The van der Waals surface area contributed by atoms with Gasteiger partial charge >= 0.3 is 5.97 Å². The summed E-state index contributed by atoms with van der Waals surface area (Å²) in [5.41, 5.74) is 2.08. The summed E-state index contributed by atoms with van der Waals surface area (Å²) in [4.78, 5) is 44.2. The molecule has 60 heavy (non-hydrogen) atoms. The van der Waals surface area contributed by atoms with Crippen molar-refractivity contribution in [2.75, 3.05) is 41.1 Å². The topological polar surface area (TPSA) is 194 Å². The number of rotatable bonds is 10. The van der Waals surface area contributed by atoms with Gasteiger partial charge in [-0.05, 0) is 102 Å². The van der Waals surface area contributed by atoms with Gasteiger partial charge in [-0.1, -0.05) is 45.4 Å². The number of piperidine rings is 1. The molecule has 0 aromatic heterocycles. The zero-order valence-electron chi connectivity index (χ0n) is 37.7. The summed E-state index contributed by atoms with van der Waals surface area (Å²) in [6.45, 7) is 12.6. The molecular weight excluding hydrogens is 773 g/mol. The molecule has 1 aliphatic carbocycles. The molecule has 0 radical (unpaired) electrons. The number of ketones is 1. The smallest absolute Gasteiger partial charge is 0.329 e. The number of nitrogens with zero attached hydrogens (tertiary/aromatic N) is 1. The van der Waals surface area contributed by atoms with Crippen LogP contribution in [0.25, 0.3) is 0 Å². The van der Waals surface area contributed by atoms with Crippen molar-refractivity contribution in [3.63, 3.8) is 0 Å². The summed E-state index contributed by atoms with van der Waals surface area (Å²) < 4.78 is 35.9. The van der Waals surface area contributed by atoms with E-state index in [4.69, 9.17) is 28.4 Å². The third-order valence-electron chi connectivity index (χ3n) is 13.4. The average molecular weight is 849 g/mol. The third-order valence-corrected chi connectivity index (χ3v) is 13.4. The lowest BCUT2D eigenvalue weighted by Gasteiger charge is -2.47. The lowest BCUT2D eigenvalue weighted by Crippen LogP contribution is -2.64. The van der Waals surface area contributed by atoms with Crippen molar-refractivity contribution in [2.24, 2.45) is 29.6 Å². The molecule has 4 N–H and O–H groups in total. The molecule has 1 amide bonds. The van der Waals surface area contributed by atoms with Gasteiger partial charge in [-0.15, -0.1) is 0 Å². The van der Waals surface area contributed by atoms with E-state index in [1.54, 1.807) is 35.2 Å². The Morgan fingerprint density at radius 1 is 0.933 bits per heavy atom. The monoisotopic (exact) mass is 849 g/mol. The van der Waals surface area contributed by atoms with Gasteiger partial charge < -0.3 is 54.0 Å². The van der Waals surface area contributed by atoms with Gasteiger partial charge in [0.2, 0.25) is 5.79 Å². The van der Waals surface area contributed by atoms with E-state index >= 15 is 0 Å². The van der Waals surface area contributed by atoms with Crippen LogP contribution < -0.4 is 0 Å². The quantitative estimate of drug-likeness (QED) is 0.0957. The van der Waals surface area contributed by atoms with Crippen LogP contribution in [0.1, 0.15) is 119 Å². The number of esters is 1. The van der Waals surface area contributed by atoms with Crippen LogP contribution in [0, 0.1) is 35.0 Å². The maximum absolute atomic E-state index is 14.4. The summed E-state index contributed by atoms with van der Waals surface area (Å²) in [5, 5.41) is 43.8. The Hall–Kier alpha value is -2.56. The van der Waals surface area contributed by atoms with E-state index in [0.29, 0.717) is 75.9 Å². The largest absolute Gasteiger partial charge is 0.456 e. The van der Waals surface area contributed by atoms with Crippen LogP contribution in [0.2, 0.25) is 0 Å². The van der Waals surface area contributed by atoms with Gasteiger partial charge in [0.25, 0.3) is 11.7 Å². The lowest BCUT2D eigenvalue weighted by atomic mass is 9.81. The summed E-state index contributed by atoms with van der Waals surface area (Å²) in [7, 11) is 4.67. The first-order chi connectivity index (χ1) is 28.5. The number of allylic oxidation sites excluding steroid dienone is 3. The fourth-order valence-electron chi connectivity index (χ4n) is 9.79. The Balaban J connectivity index is 1.78. The van der Waals surface area contributed by atoms with Gasteiger partial charge in [-0.2, -0.15) is 0 Å². The number of nitrogens with one attached hydrogen (secondary N) is 1. The molecule has 342 valence electrons. The number of Topliss-reactive ketones (excluding diaryl/α,β-unsaturated/α-hetero) is 1. The molecule has 2 bridgehead atoms. The van der Waals surface area contributed by atoms with Gasteiger partial charge in [-0.25, -0.2) is 4.79 Å². The number of carbonyl (C=O) groups excluding carboxylic acids is 3. The zero-order valence-corrected chi connectivity index (χ0v) is 37.7. The molecule has 0 unspecified atom stereocenters. The van der Waals surface area contributed by atoms with E-state index in [2.05, 4.69) is 13.0 Å². The molecule has 1 saturated carbocycles. The maximum atomic E-state index is 14.4. The minimum atomic E-state index is -2.50. The molecule has 2 saturated heterocycles. The number of amides is 1. The first-order valence-corrected chi connectivity index (χ1v) is 22.4. The average Bonchev–Trinajstić information content (AvgIpc) is 3.23. The number of fused-ring (bicyclic) bond motifs is 3. The van der Waals surface area contributed by atoms with Gasteiger partial charge in [0.15, 0.2) is 0 Å². The van der Waals surface area contributed by atoms with E-state index in [1.807, 2.05) is 26.8 Å². The van der Waals surface area contributed by atoms with Gasteiger partial charge in [0.05, 0.1) is 30.5 Å². The molecule has 3 fully saturated rings. The van der Waals surface area contributed by atoms with Crippen molar-refractivity contribution in [1.29, 1.82) is 5.41 Å². The van der Waals surface area contributed by atoms with Crippen LogP contribution in [0.5, 0.6) is 0 Å². The van der Waals surface area contributed by atoms with Crippen LogP contribution in [0.4, 0.5) is 0 Å². The minimum Gasteiger partial charge on any atom is -0.456 e. The Morgan fingerprint density at radius 2 is 1.62 bits per heavy atom. The highest BCUT2D eigenvalue weighted by Crippen LogP contribution is 2.39. The van der Waals surface area contributed by atoms with Gasteiger partial charge in [0, 0.05) is 71.0 Å². The number of hydrogen-bond acceptors (Lipinski definition) is 13. The Bertz CT molecular complexity index is 1500. The SMILES string of the molecule is CCCOCC[C@@H]1/C=C(\C)C[C@H](C)C[C@H](OC)[C@H]2O[C@@](O)(C(=O)C(=O)N3CCCC[C@H]3C(=O)O[C@H](/C(C)=C/[C@@H]3CC[C@@H](O)[C@H](OC)C3)[C@H](C)[C@@H](O)CC1=N)[C@H](C)C[C@@H]2OC. The molecule has 0 aromatic rings. The van der Waals surface area contributed by atoms with Crippen LogP contribution in [0.3, 0.4) is 0 Å². The maximum Gasteiger partial charge on any atom is 0.329 e. The number of aliphatic hydroxyl groups excluding tert-OH is 2. The molecule has 0 spiro atoms. The molecule has 14 atom stereocenters. The first-order valence-electron chi connectivity index (χ1n) is 22.4. The van der Waals surface area contributed by atoms with E-state index in [9.17, 15) is 35.1 Å². The number of carbonyl (C=O) groups is 3. The fraction of sp³-hybridized carbons (Fsp3) is 0.826. The molecule has 3 heterocycles. The highest BCUT2D eigenvalue weighted by molar-refractivity contribution is 6.39. The molecule has 14 heteroatoms. The normalized spacial score (nSPS) is 39.6. The second kappa shape index (κ2) is 23.2. The molecule has 0 aromatic carbocycles. The summed E-state index contributed by atoms with van der Waals surface area (Å²) in [6.07, 6.45) is 5.15. The van der Waals surface area contributed by atoms with Gasteiger partial charge in [-0.3, -0.25) is 9.59 Å². The second-order valence-corrected chi connectivity index (χ2v) is 18.2. The first kappa shape index (κ1) is 50.1. The standard InChI is InChI=1S/C46H76N2O12/c1-10-18-58-19-16-33-21-27(2)20-28(3)22-39(56-8)42-40(57-9)24-30(5)46(54,60-42)43(51)44(52)48-17-12-11-13-35(48)45(53)59-41(31(6)37(50)26-34(33)47)29(4)23-32-14-15-36(49)38(25-32)55-7/h21,23,28,30-33,35-42,47,49-50,54H,10-20,22,24-26H2,1-9H3/b27-21+,29-23+,47-34?/t28-,30+,31+,32-,33+,35-,36+,37-,38+,39-,40-,41+,42+,46+/m0/s1. The van der Waals surface area contributed by atoms with E-state index in [-0.39, 0.29) is 49.7 Å². The highest BCUT2D eigenvalue weighted by atomic mass is 16.7. The third kappa shape index (κ3) is 12.5. The minimum absolute atomic E-state index is 0.00989. The van der Waals surface area contributed by atoms with E-state index in [0.717, 1.165) is 12.0 Å². The predicted octanol–water partition coefficient (Wildman–Crippen LogP) is 5.33. The van der Waals surface area contributed by atoms with Crippen molar-refractivity contribution < 1.29 is 58.1 Å². The second-order valence-electron chi connectivity index (χ2n) is 18.2. The van der Waals surface area contributed by atoms with E-state index in [1.165, 1.54) is 4.90 Å². The van der Waals surface area contributed by atoms with Crippen molar-refractivity contribution in [2.45, 2.75) is 173 Å². The number of hydrogen-bond donors (Lipinski definition) is 4. The number of methoxy groups -OCH3 is 3. The lowest BCUT2D eigenvalue weighted by molar-refractivity contribution is -0.302. The predicted molar refractivity (Wildman–Crippen MR) is 226 cm³/mol. The Morgan fingerprint density at radius 3 is 2.28 bits per heavy atom. The molecule has 4 rings (SSSR count). The van der Waals surface area contributed by atoms with Crippen molar-refractivity contribution in [1.82, 2.24) is 4.90 Å². The summed E-state index contributed by atoms with van der Waals surface area (Å²) >= 11 is 0. The molecule has 4 aliphatic rings. The Kier molecular flexibility index (Phi) is 19.4. The van der Waals surface area contributed by atoms with E-state index < -0.39 is 77.9 Å². The Labute approximate surface area is 358 Å². The van der Waals surface area contributed by atoms with Crippen LogP contribution >= 0.6 is 0 Å². The van der Waals surface area contributed by atoms with Crippen LogP contribution in [0.15, 0.2) is 23.3 Å². The van der Waals surface area contributed by atoms with Crippen LogP contribution in [-0.4, -0.2) is 139 Å². The molecule has 3 aliphatic heterocycles. The van der Waals surface area contributed by atoms with Crippen LogP contribution in [-0.2, 0) is 42.8 Å². The zero-order chi connectivity index (χ0) is 44.3. The number of cyclic esters (lactones) is 1. The summed E-state index contributed by atoms with van der Waals surface area (Å²) in [5.74, 6) is -7.15. The van der Waals surface area contributed by atoms with Crippen molar-refractivity contribution in [3.05, 3.63) is 23.3 Å². The fourth-order valence-corrected chi connectivity index (χ4v) is 9.79. The van der Waals surface area contributed by atoms with Gasteiger partial charge in [0.1, 0.15) is 18.2 Å². The number of ether oxygens (including phenoxy) is 6. The highest BCUT2D eigenvalue weighted by Gasteiger charge is 2.56. The molecular formula is C46H76N2O12. The van der Waals surface area contributed by atoms with Crippen molar-refractivity contribution in [3.8, 4) is 0 Å².